The van der Waals surface area contributed by atoms with E-state index in [2.05, 4.69) is 26.1 Å². The van der Waals surface area contributed by atoms with E-state index in [4.69, 9.17) is 29.0 Å². The molecule has 0 aromatic carbocycles. The van der Waals surface area contributed by atoms with Gasteiger partial charge in [-0.05, 0) is 25.1 Å². The molecular weight excluding hydrogens is 518 g/mol. The number of alkyl halides is 6. The lowest BCUT2D eigenvalue weighted by Gasteiger charge is -2.23. The average molecular weight is 542 g/mol. The van der Waals surface area contributed by atoms with Crippen molar-refractivity contribution < 1.29 is 55.3 Å². The third-order valence-corrected chi connectivity index (χ3v) is 5.19. The molecule has 2 saturated heterocycles. The standard InChI is InChI=1S/C17H22N4O2.2C2HF3O2/c1-13-2-3-17(19-18-13)21-10-15-9-20(5-7-23-16(15)11-21)8-14-4-6-22-12-14;2*3-2(4,5)1(6)7/h2-4,6,12,15-16H,5,7-11H2,1H3;2*(H,6,7)/t15-,16+;;/m0../s1. The van der Waals surface area contributed by atoms with Crippen molar-refractivity contribution in [2.24, 2.45) is 5.92 Å². The second-order valence-corrected chi connectivity index (χ2v) is 8.08. The number of aliphatic carboxylic acids is 2. The fourth-order valence-corrected chi connectivity index (χ4v) is 3.49. The number of rotatable bonds is 3. The Kier molecular flexibility index (Phi) is 10.2. The molecular formula is C21H24F6N4O6. The Balaban J connectivity index is 0.000000286. The molecule has 4 rings (SSSR count). The van der Waals surface area contributed by atoms with Crippen molar-refractivity contribution in [3.8, 4) is 0 Å². The molecule has 0 amide bonds. The van der Waals surface area contributed by atoms with E-state index in [-0.39, 0.29) is 6.10 Å². The summed E-state index contributed by atoms with van der Waals surface area (Å²) in [4.78, 5) is 22.5. The molecule has 0 spiro atoms. The third kappa shape index (κ3) is 9.87. The van der Waals surface area contributed by atoms with E-state index in [0.717, 1.165) is 50.8 Å². The number of carboxylic acid groups (broad SMARTS) is 2. The Labute approximate surface area is 206 Å². The van der Waals surface area contributed by atoms with Gasteiger partial charge in [0, 0.05) is 44.2 Å². The number of halogens is 6. The normalized spacial score (nSPS) is 20.0. The van der Waals surface area contributed by atoms with Crippen LogP contribution in [-0.2, 0) is 20.9 Å². The van der Waals surface area contributed by atoms with Gasteiger partial charge in [0.05, 0.1) is 30.9 Å². The second kappa shape index (κ2) is 12.7. The fourth-order valence-electron chi connectivity index (χ4n) is 3.49. The number of carbonyl (C=O) groups is 2. The maximum atomic E-state index is 10.6. The fraction of sp³-hybridized carbons (Fsp3) is 0.524. The molecule has 2 fully saturated rings. The molecule has 0 bridgehead atoms. The SMILES string of the molecule is Cc1ccc(N2C[C@@H]3CN(Cc4ccoc4)CCO[C@@H]3C2)nn1.O=C(O)C(F)(F)F.O=C(O)C(F)(F)F. The zero-order valence-corrected chi connectivity index (χ0v) is 19.4. The summed E-state index contributed by atoms with van der Waals surface area (Å²) < 4.78 is 74.7. The van der Waals surface area contributed by atoms with Gasteiger partial charge in [-0.25, -0.2) is 9.59 Å². The summed E-state index contributed by atoms with van der Waals surface area (Å²) >= 11 is 0. The Hall–Kier alpha value is -3.40. The summed E-state index contributed by atoms with van der Waals surface area (Å²) in [7, 11) is 0. The lowest BCUT2D eigenvalue weighted by Crippen LogP contribution is -2.32. The maximum Gasteiger partial charge on any atom is 0.490 e. The lowest BCUT2D eigenvalue weighted by molar-refractivity contribution is -0.193. The predicted octanol–water partition coefficient (Wildman–Crippen LogP) is 2.98. The molecule has 16 heteroatoms. The molecule has 2 N–H and O–H groups in total. The van der Waals surface area contributed by atoms with E-state index >= 15 is 0 Å². The molecule has 206 valence electrons. The van der Waals surface area contributed by atoms with Gasteiger partial charge in [-0.1, -0.05) is 0 Å². The molecule has 0 aliphatic carbocycles. The van der Waals surface area contributed by atoms with Gasteiger partial charge in [-0.2, -0.15) is 31.4 Å². The highest BCUT2D eigenvalue weighted by atomic mass is 19.4. The molecule has 2 aromatic rings. The van der Waals surface area contributed by atoms with Crippen molar-refractivity contribution in [1.82, 2.24) is 15.1 Å². The van der Waals surface area contributed by atoms with Crippen LogP contribution in [0.4, 0.5) is 32.2 Å². The van der Waals surface area contributed by atoms with E-state index in [1.54, 1.807) is 6.26 Å². The van der Waals surface area contributed by atoms with Gasteiger partial charge in [0.15, 0.2) is 5.82 Å². The number of carboxylic acids is 2. The summed E-state index contributed by atoms with van der Waals surface area (Å²) in [5, 5.41) is 22.7. The van der Waals surface area contributed by atoms with Gasteiger partial charge in [0.2, 0.25) is 0 Å². The highest BCUT2D eigenvalue weighted by molar-refractivity contribution is 5.73. The molecule has 2 aromatic heterocycles. The highest BCUT2D eigenvalue weighted by Gasteiger charge is 2.39. The Morgan fingerprint density at radius 1 is 1.00 bits per heavy atom. The number of nitrogens with zero attached hydrogens (tertiary/aromatic N) is 4. The van der Waals surface area contributed by atoms with Crippen molar-refractivity contribution in [2.75, 3.05) is 37.7 Å². The summed E-state index contributed by atoms with van der Waals surface area (Å²) in [6.45, 7) is 7.57. The van der Waals surface area contributed by atoms with Crippen LogP contribution in [0.2, 0.25) is 0 Å². The number of ether oxygens (including phenoxy) is 1. The van der Waals surface area contributed by atoms with Gasteiger partial charge < -0.3 is 24.3 Å². The zero-order chi connectivity index (χ0) is 27.8. The van der Waals surface area contributed by atoms with Crippen LogP contribution in [0.1, 0.15) is 11.3 Å². The van der Waals surface area contributed by atoms with Crippen LogP contribution in [0.25, 0.3) is 0 Å². The number of fused-ring (bicyclic) bond motifs is 1. The quantitative estimate of drug-likeness (QED) is 0.559. The van der Waals surface area contributed by atoms with E-state index in [0.29, 0.717) is 5.92 Å². The zero-order valence-electron chi connectivity index (χ0n) is 19.4. The van der Waals surface area contributed by atoms with Crippen molar-refractivity contribution in [2.45, 2.75) is 31.9 Å². The number of aromatic nitrogens is 2. The number of furan rings is 1. The molecule has 37 heavy (non-hydrogen) atoms. The minimum absolute atomic E-state index is 0.285. The number of hydrogen-bond acceptors (Lipinski definition) is 8. The van der Waals surface area contributed by atoms with Crippen LogP contribution in [-0.4, -0.2) is 88.5 Å². The molecule has 4 heterocycles. The molecule has 10 nitrogen and oxygen atoms in total. The van der Waals surface area contributed by atoms with E-state index in [9.17, 15) is 26.3 Å². The first-order valence-electron chi connectivity index (χ1n) is 10.7. The van der Waals surface area contributed by atoms with Crippen molar-refractivity contribution in [3.63, 3.8) is 0 Å². The van der Waals surface area contributed by atoms with E-state index < -0.39 is 24.3 Å². The molecule has 0 radical (unpaired) electrons. The Morgan fingerprint density at radius 3 is 2.11 bits per heavy atom. The van der Waals surface area contributed by atoms with Gasteiger partial charge in [0.1, 0.15) is 0 Å². The van der Waals surface area contributed by atoms with Crippen LogP contribution in [0, 0.1) is 12.8 Å². The van der Waals surface area contributed by atoms with Gasteiger partial charge in [-0.15, -0.1) is 5.10 Å². The lowest BCUT2D eigenvalue weighted by atomic mass is 10.1. The van der Waals surface area contributed by atoms with Gasteiger partial charge >= 0.3 is 24.3 Å². The minimum Gasteiger partial charge on any atom is -0.475 e. The smallest absolute Gasteiger partial charge is 0.475 e. The first-order chi connectivity index (χ1) is 17.2. The van der Waals surface area contributed by atoms with Crippen LogP contribution in [0.15, 0.2) is 35.1 Å². The summed E-state index contributed by atoms with van der Waals surface area (Å²) in [5.74, 6) is -4.05. The Morgan fingerprint density at radius 2 is 1.62 bits per heavy atom. The van der Waals surface area contributed by atoms with E-state index in [1.165, 1.54) is 5.56 Å². The van der Waals surface area contributed by atoms with Crippen molar-refractivity contribution in [1.29, 1.82) is 0 Å². The first-order valence-corrected chi connectivity index (χ1v) is 10.7. The summed E-state index contributed by atoms with van der Waals surface area (Å²) in [6, 6.07) is 6.10. The minimum atomic E-state index is -5.08. The average Bonchev–Trinajstić information content (AvgIpc) is 3.40. The number of anilines is 1. The summed E-state index contributed by atoms with van der Waals surface area (Å²) in [6.07, 6.45) is -6.32. The van der Waals surface area contributed by atoms with E-state index in [1.807, 2.05) is 25.3 Å². The Bertz CT molecular complexity index is 976. The number of hydrogen-bond donors (Lipinski definition) is 2. The van der Waals surface area contributed by atoms with Crippen LogP contribution < -0.4 is 4.90 Å². The van der Waals surface area contributed by atoms with Crippen LogP contribution >= 0.6 is 0 Å². The molecule has 2 aliphatic heterocycles. The summed E-state index contributed by atoms with van der Waals surface area (Å²) in [5.41, 5.74) is 2.17. The molecule has 2 atom stereocenters. The second-order valence-electron chi connectivity index (χ2n) is 8.08. The molecule has 0 saturated carbocycles. The largest absolute Gasteiger partial charge is 0.490 e. The molecule has 2 aliphatic rings. The van der Waals surface area contributed by atoms with Gasteiger partial charge in [0.25, 0.3) is 0 Å². The van der Waals surface area contributed by atoms with Crippen LogP contribution in [0.3, 0.4) is 0 Å². The van der Waals surface area contributed by atoms with Crippen molar-refractivity contribution in [3.05, 3.63) is 42.0 Å². The highest BCUT2D eigenvalue weighted by Crippen LogP contribution is 2.27. The van der Waals surface area contributed by atoms with Crippen LogP contribution in [0.5, 0.6) is 0 Å². The first kappa shape index (κ1) is 29.8. The number of aryl methyl sites for hydroxylation is 1. The predicted molar refractivity (Wildman–Crippen MR) is 114 cm³/mol. The topological polar surface area (TPSA) is 129 Å². The monoisotopic (exact) mass is 542 g/mol. The third-order valence-electron chi connectivity index (χ3n) is 5.19. The van der Waals surface area contributed by atoms with Crippen molar-refractivity contribution >= 4 is 17.8 Å². The van der Waals surface area contributed by atoms with Gasteiger partial charge in [-0.3, -0.25) is 4.90 Å². The molecule has 0 unspecified atom stereocenters. The maximum absolute atomic E-state index is 10.6.